The Labute approximate surface area is 205 Å². The van der Waals surface area contributed by atoms with Crippen molar-refractivity contribution in [2.24, 2.45) is 0 Å². The number of amides is 1. The normalized spacial score (nSPS) is 17.3. The lowest BCUT2D eigenvalue weighted by atomic mass is 10.0. The fraction of sp³-hybridized carbons (Fsp3) is 0.409. The molecule has 1 aliphatic rings. The van der Waals surface area contributed by atoms with E-state index in [9.17, 15) is 4.79 Å². The van der Waals surface area contributed by atoms with Crippen LogP contribution in [0, 0.1) is 6.92 Å². The summed E-state index contributed by atoms with van der Waals surface area (Å²) in [5.41, 5.74) is 1.97. The molecule has 4 rings (SSSR count). The monoisotopic (exact) mass is 505 g/mol. The maximum atomic E-state index is 13.1. The summed E-state index contributed by atoms with van der Waals surface area (Å²) in [4.78, 5) is 21.4. The first kappa shape index (κ1) is 24.3. The summed E-state index contributed by atoms with van der Waals surface area (Å²) < 4.78 is 22.6. The van der Waals surface area contributed by atoms with E-state index < -0.39 is 5.91 Å². The van der Waals surface area contributed by atoms with E-state index in [2.05, 4.69) is 25.5 Å². The molecule has 0 bridgehead atoms. The van der Waals surface area contributed by atoms with E-state index in [1.165, 1.54) is 19.5 Å². The van der Waals surface area contributed by atoms with Crippen LogP contribution in [0.15, 0.2) is 24.5 Å². The molecule has 1 saturated heterocycles. The van der Waals surface area contributed by atoms with Gasteiger partial charge in [-0.2, -0.15) is 0 Å². The summed E-state index contributed by atoms with van der Waals surface area (Å²) in [7, 11) is 1.52. The van der Waals surface area contributed by atoms with E-state index >= 15 is 0 Å². The molecular formula is C22H24ClN5O5S. The van der Waals surface area contributed by atoms with Crippen LogP contribution in [0.3, 0.4) is 0 Å². The zero-order chi connectivity index (χ0) is 24.3. The highest BCUT2D eigenvalue weighted by Gasteiger charge is 2.29. The molecule has 1 atom stereocenters. The van der Waals surface area contributed by atoms with Crippen LogP contribution in [0.2, 0.25) is 5.15 Å². The predicted octanol–water partition coefficient (Wildman–Crippen LogP) is 3.79. The molecule has 1 N–H and O–H groups in total. The lowest BCUT2D eigenvalue weighted by Gasteiger charge is -2.34. The van der Waals surface area contributed by atoms with Crippen molar-refractivity contribution in [2.45, 2.75) is 32.5 Å². The van der Waals surface area contributed by atoms with Gasteiger partial charge in [0.1, 0.15) is 23.6 Å². The number of carbonyl (C=O) groups excluding carboxylic acids is 1. The zero-order valence-corrected chi connectivity index (χ0v) is 20.7. The minimum atomic E-state index is -0.411. The Morgan fingerprint density at radius 3 is 2.82 bits per heavy atom. The predicted molar refractivity (Wildman–Crippen MR) is 127 cm³/mol. The van der Waals surface area contributed by atoms with Gasteiger partial charge in [-0.25, -0.2) is 4.98 Å². The van der Waals surface area contributed by atoms with Gasteiger partial charge in [0, 0.05) is 23.0 Å². The second-order valence-corrected chi connectivity index (χ2v) is 9.55. The van der Waals surface area contributed by atoms with Crippen LogP contribution in [-0.4, -0.2) is 64.7 Å². The highest BCUT2D eigenvalue weighted by atomic mass is 35.5. The topological polar surface area (TPSA) is 118 Å². The Bertz CT molecular complexity index is 1180. The first-order valence-corrected chi connectivity index (χ1v) is 11.6. The quantitative estimate of drug-likeness (QED) is 0.478. The number of nitrogens with zero attached hydrogens (tertiary/aromatic N) is 4. The first-order valence-electron chi connectivity index (χ1n) is 10.4. The van der Waals surface area contributed by atoms with Crippen molar-refractivity contribution in [1.29, 1.82) is 0 Å². The van der Waals surface area contributed by atoms with Crippen molar-refractivity contribution in [3.63, 3.8) is 0 Å². The molecule has 4 heterocycles. The maximum Gasteiger partial charge on any atom is 0.295 e. The molecular weight excluding hydrogens is 482 g/mol. The van der Waals surface area contributed by atoms with Crippen molar-refractivity contribution in [3.8, 4) is 22.1 Å². The molecule has 1 unspecified atom stereocenters. The molecule has 3 aromatic rings. The summed E-state index contributed by atoms with van der Waals surface area (Å²) in [6.07, 6.45) is 2.80. The number of aromatic nitrogens is 4. The van der Waals surface area contributed by atoms with E-state index in [-0.39, 0.29) is 28.6 Å². The Morgan fingerprint density at radius 1 is 1.26 bits per heavy atom. The first-order chi connectivity index (χ1) is 16.2. The second kappa shape index (κ2) is 10.2. The van der Waals surface area contributed by atoms with Crippen LogP contribution in [0.4, 0.5) is 5.13 Å². The maximum absolute atomic E-state index is 13.1. The molecule has 0 aliphatic carbocycles. The van der Waals surface area contributed by atoms with Crippen molar-refractivity contribution in [2.75, 3.05) is 32.2 Å². The van der Waals surface area contributed by atoms with Crippen LogP contribution in [0.25, 0.3) is 11.1 Å². The molecule has 0 radical (unpaired) electrons. The molecule has 0 aromatic carbocycles. The van der Waals surface area contributed by atoms with Gasteiger partial charge < -0.3 is 18.9 Å². The van der Waals surface area contributed by atoms with Gasteiger partial charge in [-0.05, 0) is 44.2 Å². The summed E-state index contributed by atoms with van der Waals surface area (Å²) >= 11 is 7.21. The molecule has 10 nitrogen and oxygen atoms in total. The number of hydrogen-bond acceptors (Lipinski definition) is 10. The summed E-state index contributed by atoms with van der Waals surface area (Å²) in [6.45, 7) is 6.96. The SMILES string of the molecule is COc1cnc(Cl)cc1-c1cc(C)ncc1C(=O)Nc1nnc(OCC2COC(C)(C)CO2)s1. The minimum absolute atomic E-state index is 0.196. The number of halogens is 1. The second-order valence-electron chi connectivity index (χ2n) is 8.22. The van der Waals surface area contributed by atoms with Crippen LogP contribution in [0.5, 0.6) is 10.9 Å². The summed E-state index contributed by atoms with van der Waals surface area (Å²) in [5.74, 6) is 0.0689. The number of ether oxygens (including phenoxy) is 4. The molecule has 12 heteroatoms. The smallest absolute Gasteiger partial charge is 0.295 e. The lowest BCUT2D eigenvalue weighted by Crippen LogP contribution is -2.44. The third-order valence-electron chi connectivity index (χ3n) is 4.98. The fourth-order valence-corrected chi connectivity index (χ4v) is 3.98. The average Bonchev–Trinajstić information content (AvgIpc) is 3.25. The standard InChI is InChI=1S/C22H24ClN5O5S/c1-12-5-14(15-6-18(23)25-8-17(15)30-4)16(7-24-12)19(29)26-20-27-28-21(34-20)31-9-13-10-33-22(2,3)11-32-13/h5-8,13H,9-11H2,1-4H3,(H,26,27,29). The number of hydrogen-bond donors (Lipinski definition) is 1. The van der Waals surface area contributed by atoms with Crippen molar-refractivity contribution >= 4 is 34.0 Å². The van der Waals surface area contributed by atoms with Crippen molar-refractivity contribution < 1.29 is 23.7 Å². The van der Waals surface area contributed by atoms with Gasteiger partial charge in [0.25, 0.3) is 11.1 Å². The largest absolute Gasteiger partial charge is 0.494 e. The third-order valence-corrected chi connectivity index (χ3v) is 5.93. The molecule has 0 saturated carbocycles. The van der Waals surface area contributed by atoms with Gasteiger partial charge in [-0.15, -0.1) is 5.10 Å². The molecule has 180 valence electrons. The number of anilines is 1. The van der Waals surface area contributed by atoms with E-state index in [1.807, 2.05) is 20.8 Å². The Balaban J connectivity index is 1.46. The van der Waals surface area contributed by atoms with Gasteiger partial charge in [-0.3, -0.25) is 15.1 Å². The summed E-state index contributed by atoms with van der Waals surface area (Å²) in [5, 5.41) is 11.6. The van der Waals surface area contributed by atoms with Crippen molar-refractivity contribution in [1.82, 2.24) is 20.2 Å². The molecule has 3 aromatic heterocycles. The van der Waals surface area contributed by atoms with Crippen LogP contribution >= 0.6 is 22.9 Å². The zero-order valence-electron chi connectivity index (χ0n) is 19.1. The number of carbonyl (C=O) groups is 1. The third kappa shape index (κ3) is 5.79. The number of methoxy groups -OCH3 is 1. The van der Waals surface area contributed by atoms with E-state index in [1.54, 1.807) is 12.1 Å². The Hall–Kier alpha value is -2.86. The number of nitrogens with one attached hydrogen (secondary N) is 1. The highest BCUT2D eigenvalue weighted by Crippen LogP contribution is 2.34. The Kier molecular flexibility index (Phi) is 7.27. The number of rotatable bonds is 7. The Morgan fingerprint density at radius 2 is 2.09 bits per heavy atom. The van der Waals surface area contributed by atoms with Gasteiger partial charge in [-0.1, -0.05) is 16.7 Å². The van der Waals surface area contributed by atoms with Gasteiger partial charge in [0.2, 0.25) is 5.13 Å². The average molecular weight is 506 g/mol. The number of pyridine rings is 2. The highest BCUT2D eigenvalue weighted by molar-refractivity contribution is 7.17. The molecule has 0 spiro atoms. The molecule has 1 amide bonds. The van der Waals surface area contributed by atoms with Crippen molar-refractivity contribution in [3.05, 3.63) is 40.9 Å². The van der Waals surface area contributed by atoms with E-state index in [0.717, 1.165) is 17.0 Å². The van der Waals surface area contributed by atoms with Gasteiger partial charge >= 0.3 is 0 Å². The van der Waals surface area contributed by atoms with Gasteiger partial charge in [0.15, 0.2) is 0 Å². The fourth-order valence-electron chi connectivity index (χ4n) is 3.22. The summed E-state index contributed by atoms with van der Waals surface area (Å²) in [6, 6.07) is 3.42. The van der Waals surface area contributed by atoms with Gasteiger partial charge in [0.05, 0.1) is 37.7 Å². The van der Waals surface area contributed by atoms with Crippen LogP contribution in [0.1, 0.15) is 29.9 Å². The van der Waals surface area contributed by atoms with E-state index in [0.29, 0.717) is 40.8 Å². The molecule has 1 fully saturated rings. The molecule has 34 heavy (non-hydrogen) atoms. The number of aryl methyl sites for hydroxylation is 1. The minimum Gasteiger partial charge on any atom is -0.494 e. The van der Waals surface area contributed by atoms with Crippen LogP contribution < -0.4 is 14.8 Å². The van der Waals surface area contributed by atoms with Crippen LogP contribution in [-0.2, 0) is 9.47 Å². The molecule has 1 aliphatic heterocycles. The van der Waals surface area contributed by atoms with E-state index in [4.69, 9.17) is 30.5 Å². The lowest BCUT2D eigenvalue weighted by molar-refractivity contribution is -0.181.